The van der Waals surface area contributed by atoms with E-state index >= 15 is 0 Å². The molecule has 0 radical (unpaired) electrons. The Labute approximate surface area is 107 Å². The van der Waals surface area contributed by atoms with Crippen molar-refractivity contribution in [2.24, 2.45) is 0 Å². The van der Waals surface area contributed by atoms with Crippen molar-refractivity contribution < 1.29 is 9.84 Å². The molecule has 0 amide bonds. The molecule has 5 nitrogen and oxygen atoms in total. The topological polar surface area (TPSA) is 64.3 Å². The third kappa shape index (κ3) is 1.68. The summed E-state index contributed by atoms with van der Waals surface area (Å²) in [6.45, 7) is -0.0611. The minimum Gasteiger partial charge on any atom is -0.483 e. The van der Waals surface area contributed by atoms with Gasteiger partial charge in [-0.3, -0.25) is 9.36 Å². The molecule has 1 aromatic heterocycles. The summed E-state index contributed by atoms with van der Waals surface area (Å²) in [5, 5.41) is 9.90. The van der Waals surface area contributed by atoms with Crippen molar-refractivity contribution in [3.05, 3.63) is 51.2 Å². The Kier molecular flexibility index (Phi) is 2.57. The predicted octanol–water partition coefficient (Wildman–Crippen LogP) is 1.27. The van der Waals surface area contributed by atoms with Gasteiger partial charge in [-0.15, -0.1) is 0 Å². The summed E-state index contributed by atoms with van der Waals surface area (Å²) in [7, 11) is 0. The second-order valence-corrected chi connectivity index (χ2v) is 4.33. The molecule has 18 heavy (non-hydrogen) atoms. The minimum absolute atomic E-state index is 0.192. The first-order valence-electron chi connectivity index (χ1n) is 5.34. The van der Waals surface area contributed by atoms with Gasteiger partial charge in [-0.05, 0) is 18.2 Å². The van der Waals surface area contributed by atoms with Crippen LogP contribution < -0.4 is 10.3 Å². The summed E-state index contributed by atoms with van der Waals surface area (Å²) in [6.07, 6.45) is 0. The Morgan fingerprint density at radius 1 is 1.44 bits per heavy atom. The van der Waals surface area contributed by atoms with E-state index in [9.17, 15) is 9.90 Å². The van der Waals surface area contributed by atoms with E-state index in [-0.39, 0.29) is 18.8 Å². The number of halogens is 1. The highest BCUT2D eigenvalue weighted by molar-refractivity contribution is 6.30. The highest BCUT2D eigenvalue weighted by atomic mass is 35.5. The molecule has 1 aliphatic heterocycles. The first-order valence-corrected chi connectivity index (χ1v) is 5.72. The highest BCUT2D eigenvalue weighted by Crippen LogP contribution is 2.31. The maximum atomic E-state index is 11.4. The van der Waals surface area contributed by atoms with Crippen LogP contribution in [-0.4, -0.2) is 14.7 Å². The molecular weight excluding hydrogens is 256 g/mol. The van der Waals surface area contributed by atoms with Gasteiger partial charge in [0.05, 0.1) is 18.0 Å². The van der Waals surface area contributed by atoms with Gasteiger partial charge in [-0.2, -0.15) is 4.98 Å². The number of benzene rings is 1. The van der Waals surface area contributed by atoms with E-state index in [4.69, 9.17) is 16.3 Å². The lowest BCUT2D eigenvalue weighted by Crippen LogP contribution is -2.25. The summed E-state index contributed by atoms with van der Waals surface area (Å²) in [4.78, 5) is 15.3. The molecule has 1 aromatic carbocycles. The van der Waals surface area contributed by atoms with Crippen LogP contribution in [0.15, 0.2) is 29.1 Å². The number of aliphatic hydroxyl groups is 1. The Morgan fingerprint density at radius 2 is 2.28 bits per heavy atom. The van der Waals surface area contributed by atoms with E-state index in [1.165, 1.54) is 6.07 Å². The minimum atomic E-state index is -0.389. The summed E-state index contributed by atoms with van der Waals surface area (Å²) in [5.74, 6) is 1.10. The van der Waals surface area contributed by atoms with Crippen LogP contribution in [0.4, 0.5) is 0 Å². The smallest absolute Gasteiger partial charge is 0.273 e. The summed E-state index contributed by atoms with van der Waals surface area (Å²) in [5.41, 5.74) is 0.761. The van der Waals surface area contributed by atoms with E-state index in [2.05, 4.69) is 4.98 Å². The van der Waals surface area contributed by atoms with Gasteiger partial charge in [0.2, 0.25) is 0 Å². The van der Waals surface area contributed by atoms with E-state index in [1.54, 1.807) is 22.8 Å². The number of aromatic nitrogens is 2. The second-order valence-electron chi connectivity index (χ2n) is 3.90. The normalized spacial score (nSPS) is 12.6. The number of rotatable bonds is 1. The average Bonchev–Trinajstić information content (AvgIpc) is 2.37. The van der Waals surface area contributed by atoms with Crippen molar-refractivity contribution in [2.75, 3.05) is 0 Å². The summed E-state index contributed by atoms with van der Waals surface area (Å²) < 4.78 is 7.20. The van der Waals surface area contributed by atoms with Crippen molar-refractivity contribution in [3.63, 3.8) is 0 Å². The second kappa shape index (κ2) is 4.12. The van der Waals surface area contributed by atoms with Gasteiger partial charge < -0.3 is 9.84 Å². The summed E-state index contributed by atoms with van der Waals surface area (Å²) >= 11 is 5.96. The van der Waals surface area contributed by atoms with E-state index < -0.39 is 0 Å². The van der Waals surface area contributed by atoms with Gasteiger partial charge in [-0.25, -0.2) is 0 Å². The maximum Gasteiger partial charge on any atom is 0.273 e. The van der Waals surface area contributed by atoms with E-state index in [0.29, 0.717) is 28.0 Å². The fraction of sp³-hybridized carbons (Fsp3) is 0.167. The molecule has 0 fully saturated rings. The lowest BCUT2D eigenvalue weighted by molar-refractivity contribution is 0.253. The van der Waals surface area contributed by atoms with Crippen LogP contribution in [0.2, 0.25) is 5.02 Å². The number of hydrogen-bond acceptors (Lipinski definition) is 4. The lowest BCUT2D eigenvalue weighted by atomic mass is 10.2. The zero-order valence-electron chi connectivity index (χ0n) is 9.26. The fourth-order valence-corrected chi connectivity index (χ4v) is 2.19. The maximum absolute atomic E-state index is 11.4. The molecular formula is C12H9ClN2O3. The Balaban J connectivity index is 2.34. The third-order valence-corrected chi connectivity index (χ3v) is 2.99. The van der Waals surface area contributed by atoms with Crippen molar-refractivity contribution in [3.8, 4) is 11.4 Å². The number of aliphatic hydroxyl groups excluding tert-OH is 1. The van der Waals surface area contributed by atoms with E-state index in [0.717, 1.165) is 0 Å². The molecule has 0 unspecified atom stereocenters. The average molecular weight is 265 g/mol. The molecule has 3 rings (SSSR count). The molecule has 1 N–H and O–H groups in total. The van der Waals surface area contributed by atoms with Crippen LogP contribution in [0.5, 0.6) is 5.75 Å². The number of fused-ring (bicyclic) bond motifs is 3. The van der Waals surface area contributed by atoms with Crippen molar-refractivity contribution in [1.82, 2.24) is 9.55 Å². The predicted molar refractivity (Wildman–Crippen MR) is 65.1 cm³/mol. The quantitative estimate of drug-likeness (QED) is 0.842. The molecule has 0 aliphatic carbocycles. The van der Waals surface area contributed by atoms with Crippen LogP contribution in [0.3, 0.4) is 0 Å². The molecule has 1 aliphatic rings. The Morgan fingerprint density at radius 3 is 3.06 bits per heavy atom. The van der Waals surface area contributed by atoms with E-state index in [1.807, 2.05) is 0 Å². The molecule has 0 atom stereocenters. The van der Waals surface area contributed by atoms with Crippen LogP contribution >= 0.6 is 11.6 Å². The largest absolute Gasteiger partial charge is 0.483 e. The molecule has 92 valence electrons. The summed E-state index contributed by atoms with van der Waals surface area (Å²) in [6, 6.07) is 6.49. The van der Waals surface area contributed by atoms with Crippen LogP contribution in [-0.2, 0) is 13.2 Å². The molecule has 6 heteroatoms. The molecule has 0 saturated carbocycles. The molecule has 0 spiro atoms. The van der Waals surface area contributed by atoms with Gasteiger partial charge in [0, 0.05) is 11.1 Å². The number of nitrogens with zero attached hydrogens (tertiary/aromatic N) is 2. The highest BCUT2D eigenvalue weighted by Gasteiger charge is 2.20. The third-order valence-electron chi connectivity index (χ3n) is 2.76. The van der Waals surface area contributed by atoms with Crippen LogP contribution in [0.1, 0.15) is 11.5 Å². The van der Waals surface area contributed by atoms with Crippen molar-refractivity contribution in [1.29, 1.82) is 0 Å². The van der Waals surface area contributed by atoms with Crippen molar-refractivity contribution in [2.45, 2.75) is 13.2 Å². The molecule has 2 heterocycles. The fourth-order valence-electron chi connectivity index (χ4n) is 2.02. The monoisotopic (exact) mass is 264 g/mol. The van der Waals surface area contributed by atoms with Gasteiger partial charge >= 0.3 is 0 Å². The number of ether oxygens (including phenoxy) is 1. The van der Waals surface area contributed by atoms with Gasteiger partial charge in [0.15, 0.2) is 5.82 Å². The molecule has 0 bridgehead atoms. The van der Waals surface area contributed by atoms with Gasteiger partial charge in [0.25, 0.3) is 5.56 Å². The number of hydrogen-bond donors (Lipinski definition) is 1. The standard InChI is InChI=1S/C12H9ClN2O3/c13-7-1-2-10-9(3-7)15-8(5-16)4-12(17)14-11(15)6-18-10/h1-4,16H,5-6H2. The van der Waals surface area contributed by atoms with Gasteiger partial charge in [0.1, 0.15) is 12.4 Å². The zero-order chi connectivity index (χ0) is 12.7. The first kappa shape index (κ1) is 11.3. The zero-order valence-corrected chi connectivity index (χ0v) is 10.0. The van der Waals surface area contributed by atoms with Crippen molar-refractivity contribution >= 4 is 11.6 Å². The first-order chi connectivity index (χ1) is 8.69. The van der Waals surface area contributed by atoms with Gasteiger partial charge in [-0.1, -0.05) is 11.6 Å². The molecule has 0 saturated heterocycles. The van der Waals surface area contributed by atoms with Crippen LogP contribution in [0.25, 0.3) is 5.69 Å². The van der Waals surface area contributed by atoms with Crippen LogP contribution in [0, 0.1) is 0 Å². The Hall–Kier alpha value is -1.85. The lowest BCUT2D eigenvalue weighted by Gasteiger charge is -2.24. The SMILES string of the molecule is O=c1cc(CO)n2c(n1)COc1ccc(Cl)cc1-2. The molecule has 2 aromatic rings. The Bertz CT molecular complexity index is 661.